The smallest absolute Gasteiger partial charge is 0.298 e. The summed E-state index contributed by atoms with van der Waals surface area (Å²) in [6.45, 7) is 4.90. The van der Waals surface area contributed by atoms with Crippen LogP contribution in [-0.4, -0.2) is 64.6 Å². The van der Waals surface area contributed by atoms with Crippen LogP contribution in [0.3, 0.4) is 0 Å². The Bertz CT molecular complexity index is 1410. The Kier molecular flexibility index (Phi) is 5.29. The van der Waals surface area contributed by atoms with Crippen molar-refractivity contribution >= 4 is 11.6 Å². The van der Waals surface area contributed by atoms with E-state index in [4.69, 9.17) is 4.74 Å². The van der Waals surface area contributed by atoms with Crippen molar-refractivity contribution in [3.05, 3.63) is 62.2 Å². The maximum Gasteiger partial charge on any atom is 0.298 e. The van der Waals surface area contributed by atoms with Gasteiger partial charge in [0, 0.05) is 41.1 Å². The lowest BCUT2D eigenvalue weighted by Gasteiger charge is -2.59. The van der Waals surface area contributed by atoms with Crippen LogP contribution >= 0.6 is 0 Å². The summed E-state index contributed by atoms with van der Waals surface area (Å²) in [5, 5.41) is 22.8. The second kappa shape index (κ2) is 8.22. The van der Waals surface area contributed by atoms with Gasteiger partial charge in [-0.15, -0.1) is 0 Å². The first-order chi connectivity index (χ1) is 17.6. The Morgan fingerprint density at radius 1 is 1.27 bits per heavy atom. The third-order valence-electron chi connectivity index (χ3n) is 9.50. The molecule has 2 aromatic carbocycles. The number of carbonyl (C=O) groups is 1. The third kappa shape index (κ3) is 3.30. The molecule has 1 saturated heterocycles. The Hall–Kier alpha value is -3.57. The van der Waals surface area contributed by atoms with Crippen LogP contribution in [-0.2, 0) is 16.6 Å². The number of ether oxygens (including phenoxy) is 1. The van der Waals surface area contributed by atoms with E-state index in [0.29, 0.717) is 17.7 Å². The number of nitro benzene ring substituents is 1. The van der Waals surface area contributed by atoms with Crippen LogP contribution in [0, 0.1) is 41.7 Å². The minimum absolute atomic E-state index is 0.0376. The molecule has 2 heterocycles. The molecule has 8 nitrogen and oxygen atoms in total. The zero-order valence-electron chi connectivity index (χ0n) is 21.6. The predicted octanol–water partition coefficient (Wildman–Crippen LogP) is 3.46. The number of nitro groups is 1. The molecule has 192 valence electrons. The molecule has 37 heavy (non-hydrogen) atoms. The van der Waals surface area contributed by atoms with Gasteiger partial charge in [0.05, 0.1) is 17.0 Å². The standard InChI is InChI=1S/C29H31N3O5/c1-16-5-6-18(13-17(16)2)7-10-25(34)31(4)21-9-8-20-23-14-19-22(32(35)36)15-24(33)27-26(19)29(20,28(21)37-27)11-12-30(23)3/h5-6,13,15,20-21,23,28,33H,8-9,11-12,14H2,1-4H3/t20-,21+,23+,28-,29-/m0/s1. The molecule has 5 atom stereocenters. The molecule has 2 aromatic rings. The average molecular weight is 502 g/mol. The Labute approximate surface area is 216 Å². The Balaban J connectivity index is 1.39. The molecule has 4 aliphatic rings. The maximum atomic E-state index is 13.3. The highest BCUT2D eigenvalue weighted by molar-refractivity contribution is 5.94. The lowest BCUT2D eigenvalue weighted by molar-refractivity contribution is -0.385. The molecular formula is C29H31N3O5. The van der Waals surface area contributed by atoms with E-state index in [-0.39, 0.29) is 41.4 Å². The fraction of sp³-hybridized carbons (Fsp3) is 0.483. The minimum Gasteiger partial charge on any atom is -0.504 e. The van der Waals surface area contributed by atoms with Crippen LogP contribution in [0.5, 0.6) is 11.5 Å². The van der Waals surface area contributed by atoms with Gasteiger partial charge in [-0.05, 0) is 82.3 Å². The zero-order chi connectivity index (χ0) is 26.2. The number of hydrogen-bond donors (Lipinski definition) is 1. The van der Waals surface area contributed by atoms with Crippen molar-refractivity contribution in [1.82, 2.24) is 9.80 Å². The van der Waals surface area contributed by atoms with Gasteiger partial charge < -0.3 is 19.6 Å². The first kappa shape index (κ1) is 23.8. The van der Waals surface area contributed by atoms with Crippen LogP contribution in [0.1, 0.15) is 47.1 Å². The molecule has 0 radical (unpaired) electrons. The van der Waals surface area contributed by atoms with Crippen molar-refractivity contribution in [3.63, 3.8) is 0 Å². The molecular weight excluding hydrogens is 470 g/mol. The van der Waals surface area contributed by atoms with Gasteiger partial charge in [0.25, 0.3) is 11.6 Å². The normalized spacial score (nSPS) is 29.0. The summed E-state index contributed by atoms with van der Waals surface area (Å²) in [5.74, 6) is 5.96. The molecule has 1 N–H and O–H groups in total. The lowest BCUT2D eigenvalue weighted by Crippen LogP contribution is -2.68. The van der Waals surface area contributed by atoms with Gasteiger partial charge in [-0.2, -0.15) is 0 Å². The number of phenolic OH excluding ortho intramolecular Hbond substituents is 1. The SMILES string of the molecule is Cc1ccc(C#CC(=O)N(C)[C@@H]2CC[C@H]3[C@H]4Cc5c([N+](=O)[O-])cc(O)c6c5[C@@]3(CCN4C)[C@H]2O6)cc1C. The molecule has 1 spiro atoms. The first-order valence-corrected chi connectivity index (χ1v) is 12.9. The van der Waals surface area contributed by atoms with Crippen LogP contribution in [0.15, 0.2) is 24.3 Å². The number of carbonyl (C=O) groups excluding carboxylic acids is 1. The van der Waals surface area contributed by atoms with Crippen LogP contribution in [0.2, 0.25) is 0 Å². The van der Waals surface area contributed by atoms with E-state index >= 15 is 0 Å². The second-order valence-corrected chi connectivity index (χ2v) is 11.2. The van der Waals surface area contributed by atoms with Crippen molar-refractivity contribution in [2.75, 3.05) is 20.6 Å². The van der Waals surface area contributed by atoms with Crippen molar-refractivity contribution in [3.8, 4) is 23.3 Å². The predicted molar refractivity (Wildman–Crippen MR) is 138 cm³/mol. The molecule has 1 amide bonds. The zero-order valence-corrected chi connectivity index (χ0v) is 21.6. The van der Waals surface area contributed by atoms with E-state index in [2.05, 4.69) is 23.8 Å². The van der Waals surface area contributed by atoms with E-state index in [1.165, 1.54) is 11.6 Å². The Morgan fingerprint density at radius 2 is 2.05 bits per heavy atom. The summed E-state index contributed by atoms with van der Waals surface area (Å²) in [5.41, 5.74) is 4.08. The summed E-state index contributed by atoms with van der Waals surface area (Å²) in [6.07, 6.45) is 2.58. The highest BCUT2D eigenvalue weighted by Crippen LogP contribution is 2.65. The third-order valence-corrected chi connectivity index (χ3v) is 9.50. The first-order valence-electron chi connectivity index (χ1n) is 12.9. The van der Waals surface area contributed by atoms with Gasteiger partial charge in [-0.1, -0.05) is 12.0 Å². The molecule has 6 rings (SSSR count). The maximum absolute atomic E-state index is 13.3. The number of amides is 1. The summed E-state index contributed by atoms with van der Waals surface area (Å²) < 4.78 is 6.52. The fourth-order valence-electron chi connectivity index (χ4n) is 7.52. The molecule has 2 fully saturated rings. The topological polar surface area (TPSA) is 96.2 Å². The number of likely N-dealkylation sites (N-methyl/N-ethyl adjacent to an activating group) is 2. The molecule has 2 aliphatic carbocycles. The number of aryl methyl sites for hydroxylation is 2. The second-order valence-electron chi connectivity index (χ2n) is 11.2. The van der Waals surface area contributed by atoms with Gasteiger partial charge in [-0.25, -0.2) is 0 Å². The van der Waals surface area contributed by atoms with Crippen LogP contribution in [0.4, 0.5) is 5.69 Å². The van der Waals surface area contributed by atoms with E-state index in [0.717, 1.165) is 42.5 Å². The van der Waals surface area contributed by atoms with Gasteiger partial charge in [0.2, 0.25) is 0 Å². The number of phenols is 1. The van der Waals surface area contributed by atoms with Gasteiger partial charge in [0.15, 0.2) is 11.5 Å². The van der Waals surface area contributed by atoms with Crippen LogP contribution < -0.4 is 4.74 Å². The number of piperidine rings is 1. The summed E-state index contributed by atoms with van der Waals surface area (Å²) in [6, 6.07) is 7.04. The summed E-state index contributed by atoms with van der Waals surface area (Å²) >= 11 is 0. The van der Waals surface area contributed by atoms with Crippen molar-refractivity contribution in [2.45, 2.75) is 63.1 Å². The number of likely N-dealkylation sites (tertiary alicyclic amines) is 1. The highest BCUT2D eigenvalue weighted by atomic mass is 16.6. The van der Waals surface area contributed by atoms with E-state index in [1.54, 1.807) is 11.9 Å². The van der Waals surface area contributed by atoms with Gasteiger partial charge >= 0.3 is 0 Å². The number of hydrogen-bond acceptors (Lipinski definition) is 6. The lowest BCUT2D eigenvalue weighted by atomic mass is 9.51. The van der Waals surface area contributed by atoms with Crippen molar-refractivity contribution in [1.29, 1.82) is 0 Å². The number of aromatic hydroxyl groups is 1. The number of benzene rings is 2. The highest BCUT2D eigenvalue weighted by Gasteiger charge is 2.67. The Morgan fingerprint density at radius 3 is 2.78 bits per heavy atom. The fourth-order valence-corrected chi connectivity index (χ4v) is 7.52. The number of nitrogens with zero attached hydrogens (tertiary/aromatic N) is 3. The largest absolute Gasteiger partial charge is 0.504 e. The summed E-state index contributed by atoms with van der Waals surface area (Å²) in [4.78, 5) is 28.8. The minimum atomic E-state index is -0.470. The summed E-state index contributed by atoms with van der Waals surface area (Å²) in [7, 11) is 3.86. The molecule has 1 saturated carbocycles. The quantitative estimate of drug-likeness (QED) is 0.385. The molecule has 0 unspecified atom stereocenters. The van der Waals surface area contributed by atoms with E-state index < -0.39 is 10.3 Å². The van der Waals surface area contributed by atoms with E-state index in [9.17, 15) is 20.0 Å². The van der Waals surface area contributed by atoms with Crippen molar-refractivity contribution in [2.24, 2.45) is 5.92 Å². The van der Waals surface area contributed by atoms with Crippen molar-refractivity contribution < 1.29 is 19.6 Å². The molecule has 8 heteroatoms. The molecule has 2 aliphatic heterocycles. The monoisotopic (exact) mass is 501 g/mol. The van der Waals surface area contributed by atoms with E-state index in [1.807, 2.05) is 32.0 Å². The molecule has 0 aromatic heterocycles. The van der Waals surface area contributed by atoms with Gasteiger partial charge in [-0.3, -0.25) is 14.9 Å². The molecule has 2 bridgehead atoms. The average Bonchev–Trinajstić information content (AvgIpc) is 3.22. The number of rotatable bonds is 2. The van der Waals surface area contributed by atoms with Gasteiger partial charge in [0.1, 0.15) is 6.10 Å². The van der Waals surface area contributed by atoms with Crippen LogP contribution in [0.25, 0.3) is 0 Å².